The molecule has 0 radical (unpaired) electrons. The fraction of sp³-hybridized carbons (Fsp3) is 0.375. The van der Waals surface area contributed by atoms with Crippen molar-refractivity contribution < 1.29 is 18.0 Å². The first-order chi connectivity index (χ1) is 20.8. The molecule has 0 saturated heterocycles. The molecule has 0 fully saturated rings. The summed E-state index contributed by atoms with van der Waals surface area (Å²) < 4.78 is 43.4. The Morgan fingerprint density at radius 2 is 1.67 bits per heavy atom. The molecule has 0 aliphatic heterocycles. The van der Waals surface area contributed by atoms with Crippen molar-refractivity contribution in [3.63, 3.8) is 0 Å². The quantitative estimate of drug-likeness (QED) is 0.198. The number of para-hydroxylation sites is 1. The zero-order chi connectivity index (χ0) is 31.5. The Labute approximate surface area is 250 Å². The van der Waals surface area contributed by atoms with Crippen molar-refractivity contribution >= 4 is 22.9 Å². The molecule has 4 rings (SSSR count). The zero-order valence-corrected chi connectivity index (χ0v) is 25.3. The van der Waals surface area contributed by atoms with Crippen LogP contribution in [0, 0.1) is 18.6 Å². The van der Waals surface area contributed by atoms with Gasteiger partial charge in [0.05, 0.1) is 5.69 Å². The molecule has 0 spiro atoms. The highest BCUT2D eigenvalue weighted by Gasteiger charge is 2.21. The molecule has 2 aromatic heterocycles. The molecule has 1 amide bonds. The lowest BCUT2D eigenvalue weighted by Gasteiger charge is -2.18. The largest absolute Gasteiger partial charge is 0.354 e. The first-order valence-corrected chi connectivity index (χ1v) is 14.6. The van der Waals surface area contributed by atoms with E-state index in [4.69, 9.17) is 4.98 Å². The van der Waals surface area contributed by atoms with Gasteiger partial charge in [-0.15, -0.1) is 0 Å². The molecule has 0 atom stereocenters. The molecule has 0 saturated carbocycles. The van der Waals surface area contributed by atoms with Crippen molar-refractivity contribution in [1.82, 2.24) is 24.8 Å². The molecular weight excluding hydrogens is 557 g/mol. The summed E-state index contributed by atoms with van der Waals surface area (Å²) in [5, 5.41) is 6.05. The van der Waals surface area contributed by atoms with E-state index >= 15 is 0 Å². The van der Waals surface area contributed by atoms with E-state index in [0.29, 0.717) is 23.2 Å². The number of rotatable bonds is 12. The molecule has 0 unspecified atom stereocenters. The van der Waals surface area contributed by atoms with Crippen LogP contribution in [0.25, 0.3) is 28.0 Å². The van der Waals surface area contributed by atoms with Crippen LogP contribution in [0.5, 0.6) is 0 Å². The van der Waals surface area contributed by atoms with Gasteiger partial charge in [-0.05, 0) is 68.9 Å². The van der Waals surface area contributed by atoms with Gasteiger partial charge in [0, 0.05) is 35.7 Å². The van der Waals surface area contributed by atoms with Crippen molar-refractivity contribution in [2.45, 2.75) is 41.0 Å². The van der Waals surface area contributed by atoms with Gasteiger partial charge in [-0.3, -0.25) is 14.2 Å². The van der Waals surface area contributed by atoms with Crippen LogP contribution in [0.2, 0.25) is 0 Å². The first kappa shape index (κ1) is 33.3. The van der Waals surface area contributed by atoms with Crippen molar-refractivity contribution in [2.24, 2.45) is 0 Å². The van der Waals surface area contributed by atoms with E-state index in [1.807, 2.05) is 20.8 Å². The fourth-order valence-corrected chi connectivity index (χ4v) is 4.64. The van der Waals surface area contributed by atoms with E-state index in [1.54, 1.807) is 18.2 Å². The summed E-state index contributed by atoms with van der Waals surface area (Å²) in [7, 11) is 0. The maximum atomic E-state index is 14.9. The second-order valence-electron chi connectivity index (χ2n) is 9.49. The third kappa shape index (κ3) is 7.78. The van der Waals surface area contributed by atoms with Crippen LogP contribution in [-0.2, 0) is 0 Å². The van der Waals surface area contributed by atoms with Gasteiger partial charge in [0.25, 0.3) is 11.5 Å². The number of fused-ring (bicyclic) bond motifs is 1. The van der Waals surface area contributed by atoms with Gasteiger partial charge in [-0.1, -0.05) is 39.8 Å². The number of carbonyl (C=O) groups excluding carboxylic acids is 1. The van der Waals surface area contributed by atoms with Crippen LogP contribution in [0.3, 0.4) is 0 Å². The highest BCUT2D eigenvalue weighted by molar-refractivity contribution is 5.98. The number of hydrogen-bond acceptors (Lipinski definition) is 6. The number of aryl methyl sites for hydroxylation is 1. The molecule has 2 heterocycles. The van der Waals surface area contributed by atoms with Crippen LogP contribution < -0.4 is 16.2 Å². The number of nitrogens with zero attached hydrogens (tertiary/aromatic N) is 4. The second kappa shape index (κ2) is 15.8. The number of pyridine rings is 1. The molecule has 2 aromatic carbocycles. The normalized spacial score (nSPS) is 10.9. The van der Waals surface area contributed by atoms with Gasteiger partial charge < -0.3 is 15.5 Å². The second-order valence-corrected chi connectivity index (χ2v) is 9.49. The minimum absolute atomic E-state index is 0.00410. The van der Waals surface area contributed by atoms with Gasteiger partial charge in [0.2, 0.25) is 5.95 Å². The van der Waals surface area contributed by atoms with E-state index in [9.17, 15) is 22.8 Å². The monoisotopic (exact) mass is 596 g/mol. The summed E-state index contributed by atoms with van der Waals surface area (Å²) in [5.74, 6) is -2.13. The lowest BCUT2D eigenvalue weighted by molar-refractivity contribution is 0.0951. The Hall–Kier alpha value is -4.25. The molecular formula is C32H39F3N6O2. The first-order valence-electron chi connectivity index (χ1n) is 14.6. The number of carbonyl (C=O) groups is 1. The molecule has 0 aliphatic carbocycles. The third-order valence-electron chi connectivity index (χ3n) is 6.88. The number of hydrogen-bond donors (Lipinski definition) is 2. The average Bonchev–Trinajstić information content (AvgIpc) is 3.01. The Morgan fingerprint density at radius 1 is 0.977 bits per heavy atom. The number of aromatic nitrogens is 3. The Balaban J connectivity index is 0.00000248. The molecule has 4 aromatic rings. The van der Waals surface area contributed by atoms with Gasteiger partial charge in [-0.25, -0.2) is 18.2 Å². The zero-order valence-electron chi connectivity index (χ0n) is 25.3. The average molecular weight is 597 g/mol. The lowest BCUT2D eigenvalue weighted by atomic mass is 9.99. The smallest absolute Gasteiger partial charge is 0.256 e. The van der Waals surface area contributed by atoms with Crippen LogP contribution in [0.15, 0.2) is 53.3 Å². The van der Waals surface area contributed by atoms with Gasteiger partial charge >= 0.3 is 0 Å². The van der Waals surface area contributed by atoms with E-state index < -0.39 is 35.5 Å². The Bertz CT molecular complexity index is 1580. The van der Waals surface area contributed by atoms with Crippen LogP contribution in [-0.4, -0.2) is 64.7 Å². The number of halogens is 3. The molecule has 8 nitrogen and oxygen atoms in total. The van der Waals surface area contributed by atoms with E-state index in [-0.39, 0.29) is 23.7 Å². The van der Waals surface area contributed by atoms with Crippen molar-refractivity contribution in [1.29, 1.82) is 0 Å². The maximum absolute atomic E-state index is 14.9. The number of benzene rings is 2. The van der Waals surface area contributed by atoms with Crippen molar-refractivity contribution in [2.75, 3.05) is 44.7 Å². The lowest BCUT2D eigenvalue weighted by Crippen LogP contribution is -2.26. The van der Waals surface area contributed by atoms with Crippen LogP contribution in [0.1, 0.15) is 50.0 Å². The van der Waals surface area contributed by atoms with Crippen LogP contribution in [0.4, 0.5) is 19.1 Å². The Morgan fingerprint density at radius 3 is 2.33 bits per heavy atom. The summed E-state index contributed by atoms with van der Waals surface area (Å²) >= 11 is 0. The predicted molar refractivity (Wildman–Crippen MR) is 166 cm³/mol. The molecule has 2 N–H and O–H groups in total. The summed E-state index contributed by atoms with van der Waals surface area (Å²) in [6.45, 7) is 12.4. The highest BCUT2D eigenvalue weighted by atomic mass is 19.1. The third-order valence-corrected chi connectivity index (χ3v) is 6.88. The Kier molecular flexibility index (Phi) is 12.2. The maximum Gasteiger partial charge on any atom is 0.256 e. The fourth-order valence-electron chi connectivity index (χ4n) is 4.64. The molecule has 0 bridgehead atoms. The molecule has 0 aliphatic rings. The standard InChI is InChI=1S/C30H33F3N6O2.C2H6/c1-4-38(5-2)17-7-15-35-30-36-26(22-18-20(11-10-19(22)3)29(41)34-16-14-31)21-12-13-25(40)39(28(21)37-30)27-23(32)8-6-9-24(27)33;1-2/h6,8-13,18H,4-5,7,14-17H2,1-3H3,(H,34,41)(H,35,36,37);1-2H3. The summed E-state index contributed by atoms with van der Waals surface area (Å²) in [5.41, 5.74) is 0.748. The number of amides is 1. The topological polar surface area (TPSA) is 92.2 Å². The van der Waals surface area contributed by atoms with Gasteiger partial charge in [0.1, 0.15) is 24.0 Å². The van der Waals surface area contributed by atoms with E-state index in [2.05, 4.69) is 34.4 Å². The molecule has 11 heteroatoms. The highest BCUT2D eigenvalue weighted by Crippen LogP contribution is 2.31. The van der Waals surface area contributed by atoms with Gasteiger partial charge in [-0.2, -0.15) is 4.98 Å². The minimum atomic E-state index is -0.920. The summed E-state index contributed by atoms with van der Waals surface area (Å²) in [6.07, 6.45) is 0.783. The number of alkyl halides is 1. The van der Waals surface area contributed by atoms with Crippen molar-refractivity contribution in [3.8, 4) is 16.9 Å². The molecule has 230 valence electrons. The van der Waals surface area contributed by atoms with Crippen LogP contribution >= 0.6 is 0 Å². The molecule has 43 heavy (non-hydrogen) atoms. The summed E-state index contributed by atoms with van der Waals surface area (Å²) in [6, 6.07) is 11.0. The minimum Gasteiger partial charge on any atom is -0.354 e. The number of anilines is 1. The van der Waals surface area contributed by atoms with Gasteiger partial charge in [0.15, 0.2) is 5.65 Å². The predicted octanol–water partition coefficient (Wildman–Crippen LogP) is 5.90. The van der Waals surface area contributed by atoms with Crippen molar-refractivity contribution in [3.05, 3.63) is 81.6 Å². The van der Waals surface area contributed by atoms with E-state index in [1.165, 1.54) is 18.2 Å². The van der Waals surface area contributed by atoms with E-state index in [0.717, 1.165) is 48.3 Å². The number of nitrogens with one attached hydrogen (secondary N) is 2. The summed E-state index contributed by atoms with van der Waals surface area (Å²) in [4.78, 5) is 37.2. The SMILES string of the molecule is CC.CCN(CC)CCCNc1nc(-c2cc(C(=O)NCCF)ccc2C)c2ccc(=O)n(-c3c(F)cccc3F)c2n1.